The van der Waals surface area contributed by atoms with E-state index in [0.29, 0.717) is 5.82 Å². The molecule has 134 valence electrons. The molecular weight excluding hydrogens is 336 g/mol. The minimum Gasteiger partial charge on any atom is -0.383 e. The molecule has 4 rings (SSSR count). The van der Waals surface area contributed by atoms with Gasteiger partial charge in [0.1, 0.15) is 5.82 Å². The zero-order valence-corrected chi connectivity index (χ0v) is 14.7. The Kier molecular flexibility index (Phi) is 5.49. The van der Waals surface area contributed by atoms with Crippen LogP contribution >= 0.6 is 0 Å². The maximum Gasteiger partial charge on any atom is 0.127 e. The monoisotopic (exact) mass is 356 g/mol. The van der Waals surface area contributed by atoms with Crippen molar-refractivity contribution in [2.24, 2.45) is 0 Å². The van der Waals surface area contributed by atoms with Crippen LogP contribution in [0, 0.1) is 0 Å². The molecule has 0 radical (unpaired) electrons. The quantitative estimate of drug-likeness (QED) is 0.574. The van der Waals surface area contributed by atoms with E-state index in [4.69, 9.17) is 5.73 Å². The van der Waals surface area contributed by atoms with Crippen LogP contribution in [-0.4, -0.2) is 19.9 Å². The van der Waals surface area contributed by atoms with Crippen LogP contribution in [0.2, 0.25) is 0 Å². The van der Waals surface area contributed by atoms with Crippen molar-refractivity contribution in [3.05, 3.63) is 103 Å². The smallest absolute Gasteiger partial charge is 0.127 e. The van der Waals surface area contributed by atoms with E-state index < -0.39 is 0 Å². The standard InChI is InChI=1S/C21H17N5.H3N/c22-21-19(10-18(14-26-21)15-4-1-7-23-11-15)20(16-5-2-8-24-12-16)17-6-3-9-25-13-17;/h1-14,20H,(H2,22,26);1H3. The Hall–Kier alpha value is -3.64. The van der Waals surface area contributed by atoms with E-state index >= 15 is 0 Å². The van der Waals surface area contributed by atoms with Gasteiger partial charge in [0.25, 0.3) is 0 Å². The third-order valence-electron chi connectivity index (χ3n) is 4.29. The summed E-state index contributed by atoms with van der Waals surface area (Å²) >= 11 is 0. The van der Waals surface area contributed by atoms with Crippen molar-refractivity contribution in [1.82, 2.24) is 26.1 Å². The Morgan fingerprint density at radius 2 is 1.30 bits per heavy atom. The van der Waals surface area contributed by atoms with E-state index in [1.54, 1.807) is 24.8 Å². The first kappa shape index (κ1) is 18.2. The number of hydrogen-bond donors (Lipinski definition) is 2. The first-order valence-electron chi connectivity index (χ1n) is 8.28. The maximum absolute atomic E-state index is 6.28. The van der Waals surface area contributed by atoms with E-state index in [0.717, 1.165) is 27.8 Å². The second-order valence-corrected chi connectivity index (χ2v) is 5.95. The van der Waals surface area contributed by atoms with Gasteiger partial charge in [0.2, 0.25) is 0 Å². The number of nitrogens with zero attached hydrogens (tertiary/aromatic N) is 4. The van der Waals surface area contributed by atoms with Crippen LogP contribution in [0.15, 0.2) is 85.8 Å². The van der Waals surface area contributed by atoms with Crippen molar-refractivity contribution >= 4 is 5.82 Å². The summed E-state index contributed by atoms with van der Waals surface area (Å²) in [5, 5.41) is 0. The zero-order chi connectivity index (χ0) is 17.8. The lowest BCUT2D eigenvalue weighted by Crippen LogP contribution is -2.09. The summed E-state index contributed by atoms with van der Waals surface area (Å²) in [6.07, 6.45) is 12.6. The van der Waals surface area contributed by atoms with Crippen molar-refractivity contribution < 1.29 is 0 Å². The van der Waals surface area contributed by atoms with E-state index in [1.807, 2.05) is 55.0 Å². The fourth-order valence-electron chi connectivity index (χ4n) is 3.06. The molecule has 0 aliphatic heterocycles. The van der Waals surface area contributed by atoms with Gasteiger partial charge < -0.3 is 11.9 Å². The molecule has 0 spiro atoms. The molecule has 0 aliphatic rings. The number of pyridine rings is 4. The molecule has 4 heterocycles. The first-order chi connectivity index (χ1) is 12.8. The molecule has 0 fully saturated rings. The summed E-state index contributed by atoms with van der Waals surface area (Å²) in [6.45, 7) is 0. The molecular formula is C21H20N6. The van der Waals surface area contributed by atoms with E-state index in [2.05, 4.69) is 26.0 Å². The van der Waals surface area contributed by atoms with Gasteiger partial charge in [0.05, 0.1) is 0 Å². The Morgan fingerprint density at radius 1 is 0.704 bits per heavy atom. The lowest BCUT2D eigenvalue weighted by Gasteiger charge is -2.20. The summed E-state index contributed by atoms with van der Waals surface area (Å²) in [6, 6.07) is 13.9. The molecule has 0 atom stereocenters. The van der Waals surface area contributed by atoms with Gasteiger partial charge in [-0.15, -0.1) is 0 Å². The molecule has 0 unspecified atom stereocenters. The molecule has 6 heteroatoms. The number of aromatic nitrogens is 4. The molecule has 4 aromatic heterocycles. The second kappa shape index (κ2) is 8.16. The third-order valence-corrected chi connectivity index (χ3v) is 4.29. The Bertz CT molecular complexity index is 951. The Morgan fingerprint density at radius 3 is 1.81 bits per heavy atom. The van der Waals surface area contributed by atoms with Crippen LogP contribution in [0.4, 0.5) is 5.82 Å². The molecule has 4 aromatic rings. The highest BCUT2D eigenvalue weighted by Gasteiger charge is 2.21. The summed E-state index contributed by atoms with van der Waals surface area (Å²) in [4.78, 5) is 17.2. The molecule has 6 nitrogen and oxygen atoms in total. The zero-order valence-electron chi connectivity index (χ0n) is 14.7. The molecule has 0 aliphatic carbocycles. The van der Waals surface area contributed by atoms with Crippen molar-refractivity contribution in [1.29, 1.82) is 0 Å². The average molecular weight is 356 g/mol. The summed E-state index contributed by atoms with van der Waals surface area (Å²) < 4.78 is 0. The molecule has 27 heavy (non-hydrogen) atoms. The van der Waals surface area contributed by atoms with Gasteiger partial charge in [0.15, 0.2) is 0 Å². The number of nitrogen functional groups attached to an aromatic ring is 1. The normalized spacial score (nSPS) is 10.4. The summed E-state index contributed by atoms with van der Waals surface area (Å²) in [5.74, 6) is 0.400. The lowest BCUT2D eigenvalue weighted by atomic mass is 9.86. The van der Waals surface area contributed by atoms with Crippen LogP contribution in [0.1, 0.15) is 22.6 Å². The van der Waals surface area contributed by atoms with Crippen molar-refractivity contribution in [2.75, 3.05) is 5.73 Å². The fraction of sp³-hybridized carbons (Fsp3) is 0.0476. The topological polar surface area (TPSA) is 113 Å². The first-order valence-corrected chi connectivity index (χ1v) is 8.28. The highest BCUT2D eigenvalue weighted by molar-refractivity contribution is 5.66. The van der Waals surface area contributed by atoms with Crippen LogP contribution in [-0.2, 0) is 0 Å². The highest BCUT2D eigenvalue weighted by Crippen LogP contribution is 2.35. The number of nitrogens with two attached hydrogens (primary N) is 1. The van der Waals surface area contributed by atoms with Gasteiger partial charge in [0, 0.05) is 66.0 Å². The number of hydrogen-bond acceptors (Lipinski definition) is 6. The fourth-order valence-corrected chi connectivity index (χ4v) is 3.06. The lowest BCUT2D eigenvalue weighted by molar-refractivity contribution is 0.945. The number of anilines is 1. The van der Waals surface area contributed by atoms with Gasteiger partial charge in [-0.25, -0.2) is 4.98 Å². The average Bonchev–Trinajstić information content (AvgIpc) is 2.72. The van der Waals surface area contributed by atoms with Crippen LogP contribution in [0.5, 0.6) is 0 Å². The van der Waals surface area contributed by atoms with Gasteiger partial charge in [-0.3, -0.25) is 15.0 Å². The molecule has 0 saturated carbocycles. The second-order valence-electron chi connectivity index (χ2n) is 5.95. The van der Waals surface area contributed by atoms with Crippen LogP contribution in [0.3, 0.4) is 0 Å². The van der Waals surface area contributed by atoms with Gasteiger partial charge >= 0.3 is 0 Å². The largest absolute Gasteiger partial charge is 0.383 e. The van der Waals surface area contributed by atoms with E-state index in [-0.39, 0.29) is 12.1 Å². The van der Waals surface area contributed by atoms with Crippen molar-refractivity contribution in [3.8, 4) is 11.1 Å². The predicted octanol–water partition coefficient (Wildman–Crippen LogP) is 3.86. The molecule has 0 saturated heterocycles. The van der Waals surface area contributed by atoms with Crippen LogP contribution < -0.4 is 11.9 Å². The molecule has 0 bridgehead atoms. The van der Waals surface area contributed by atoms with Gasteiger partial charge in [-0.05, 0) is 35.4 Å². The predicted molar refractivity (Wildman–Crippen MR) is 106 cm³/mol. The molecule has 0 aromatic carbocycles. The van der Waals surface area contributed by atoms with Crippen molar-refractivity contribution in [3.63, 3.8) is 0 Å². The Labute approximate surface area is 157 Å². The van der Waals surface area contributed by atoms with Crippen molar-refractivity contribution in [2.45, 2.75) is 5.92 Å². The third kappa shape index (κ3) is 3.80. The van der Waals surface area contributed by atoms with E-state index in [1.165, 1.54) is 0 Å². The highest BCUT2D eigenvalue weighted by atomic mass is 14.8. The molecule has 0 amide bonds. The van der Waals surface area contributed by atoms with Gasteiger partial charge in [-0.2, -0.15) is 0 Å². The summed E-state index contributed by atoms with van der Waals surface area (Å²) in [7, 11) is 0. The minimum absolute atomic E-state index is 0. The summed E-state index contributed by atoms with van der Waals surface area (Å²) in [5.41, 5.74) is 11.2. The molecule has 5 N–H and O–H groups in total. The minimum atomic E-state index is -0.0958. The van der Waals surface area contributed by atoms with Crippen LogP contribution in [0.25, 0.3) is 11.1 Å². The Balaban J connectivity index is 0.00000210. The number of rotatable bonds is 4. The van der Waals surface area contributed by atoms with Gasteiger partial charge in [-0.1, -0.05) is 18.2 Å². The maximum atomic E-state index is 6.28. The SMILES string of the molecule is N.Nc1ncc(-c2cccnc2)cc1C(c1cccnc1)c1cccnc1. The van der Waals surface area contributed by atoms with E-state index in [9.17, 15) is 0 Å².